The third-order valence-corrected chi connectivity index (χ3v) is 4.15. The van der Waals surface area contributed by atoms with E-state index in [2.05, 4.69) is 31.3 Å². The summed E-state index contributed by atoms with van der Waals surface area (Å²) in [5, 5.41) is 2.88. The van der Waals surface area contributed by atoms with Gasteiger partial charge in [0.25, 0.3) is 0 Å². The molecule has 0 aliphatic carbocycles. The molecule has 3 heteroatoms. The molecule has 0 heterocycles. The van der Waals surface area contributed by atoms with Gasteiger partial charge in [-0.15, -0.1) is 0 Å². The van der Waals surface area contributed by atoms with Crippen molar-refractivity contribution in [2.24, 2.45) is 0 Å². The molecule has 0 saturated heterocycles. The molecule has 3 nitrogen and oxygen atoms in total. The van der Waals surface area contributed by atoms with Gasteiger partial charge >= 0.3 is 0 Å². The van der Waals surface area contributed by atoms with Crippen molar-refractivity contribution in [3.05, 3.63) is 96.1 Å². The summed E-state index contributed by atoms with van der Waals surface area (Å²) in [5.74, 6) is 1.62. The van der Waals surface area contributed by atoms with E-state index in [0.717, 1.165) is 11.3 Å². The Morgan fingerprint density at radius 2 is 1.56 bits per heavy atom. The first-order valence-corrected chi connectivity index (χ1v) is 9.03. The number of benzene rings is 3. The number of para-hydroxylation sites is 3. The lowest BCUT2D eigenvalue weighted by atomic mass is 10.0. The lowest BCUT2D eigenvalue weighted by molar-refractivity contribution is -0.111. The lowest BCUT2D eigenvalue weighted by Crippen LogP contribution is -2.08. The highest BCUT2D eigenvalue weighted by atomic mass is 16.5. The Hall–Kier alpha value is -3.33. The summed E-state index contributed by atoms with van der Waals surface area (Å²) >= 11 is 0. The van der Waals surface area contributed by atoms with E-state index in [0.29, 0.717) is 17.4 Å². The maximum Gasteiger partial charge on any atom is 0.248 e. The van der Waals surface area contributed by atoms with Crippen LogP contribution < -0.4 is 10.1 Å². The normalized spacial score (nSPS) is 10.9. The van der Waals surface area contributed by atoms with Crippen molar-refractivity contribution in [2.75, 3.05) is 5.32 Å². The fourth-order valence-corrected chi connectivity index (χ4v) is 2.61. The molecular weight excluding hydrogens is 334 g/mol. The van der Waals surface area contributed by atoms with Gasteiger partial charge in [-0.25, -0.2) is 0 Å². The number of ether oxygens (including phenoxy) is 1. The summed E-state index contributed by atoms with van der Waals surface area (Å²) in [4.78, 5) is 12.3. The van der Waals surface area contributed by atoms with Crippen LogP contribution in [-0.4, -0.2) is 5.91 Å². The number of carbonyl (C=O) groups excluding carboxylic acids is 1. The number of amides is 1. The van der Waals surface area contributed by atoms with Crippen LogP contribution >= 0.6 is 0 Å². The maximum atomic E-state index is 12.3. The number of hydrogen-bond acceptors (Lipinski definition) is 2. The lowest BCUT2D eigenvalue weighted by Gasteiger charge is -2.11. The van der Waals surface area contributed by atoms with E-state index >= 15 is 0 Å². The molecule has 3 aromatic carbocycles. The first-order valence-electron chi connectivity index (χ1n) is 9.03. The van der Waals surface area contributed by atoms with Crippen LogP contribution in [0.3, 0.4) is 0 Å². The fraction of sp³-hybridized carbons (Fsp3) is 0.125. The Morgan fingerprint density at radius 1 is 0.889 bits per heavy atom. The Kier molecular flexibility index (Phi) is 6.06. The summed E-state index contributed by atoms with van der Waals surface area (Å²) in [7, 11) is 0. The van der Waals surface area contributed by atoms with E-state index in [-0.39, 0.29) is 5.91 Å². The molecule has 3 aromatic rings. The molecule has 136 valence electrons. The van der Waals surface area contributed by atoms with Gasteiger partial charge in [0.2, 0.25) is 5.91 Å². The summed E-state index contributed by atoms with van der Waals surface area (Å²) in [6, 6.07) is 25.1. The Balaban J connectivity index is 1.67. The van der Waals surface area contributed by atoms with Crippen LogP contribution in [0.1, 0.15) is 30.9 Å². The molecule has 0 aliphatic rings. The predicted octanol–water partition coefficient (Wildman–Crippen LogP) is 6.25. The first kappa shape index (κ1) is 18.5. The molecule has 1 amide bonds. The highest BCUT2D eigenvalue weighted by Crippen LogP contribution is 2.29. The van der Waals surface area contributed by atoms with Crippen LogP contribution in [0.5, 0.6) is 11.5 Å². The minimum Gasteiger partial charge on any atom is -0.455 e. The zero-order valence-electron chi connectivity index (χ0n) is 15.6. The summed E-state index contributed by atoms with van der Waals surface area (Å²) in [5.41, 5.74) is 2.90. The van der Waals surface area contributed by atoms with Gasteiger partial charge in [0.1, 0.15) is 5.75 Å². The number of anilines is 1. The van der Waals surface area contributed by atoms with Crippen molar-refractivity contribution < 1.29 is 9.53 Å². The van der Waals surface area contributed by atoms with Crippen LogP contribution in [0.2, 0.25) is 0 Å². The number of rotatable bonds is 6. The van der Waals surface area contributed by atoms with Gasteiger partial charge in [-0.2, -0.15) is 0 Å². The van der Waals surface area contributed by atoms with E-state index < -0.39 is 0 Å². The average molecular weight is 357 g/mol. The molecule has 0 radical (unpaired) electrons. The Labute approximate surface area is 160 Å². The van der Waals surface area contributed by atoms with Gasteiger partial charge < -0.3 is 10.1 Å². The minimum absolute atomic E-state index is 0.202. The smallest absolute Gasteiger partial charge is 0.248 e. The van der Waals surface area contributed by atoms with Crippen molar-refractivity contribution in [1.82, 2.24) is 0 Å². The first-order chi connectivity index (χ1) is 13.1. The third-order valence-electron chi connectivity index (χ3n) is 4.15. The molecule has 0 unspecified atom stereocenters. The molecule has 0 spiro atoms. The second-order valence-corrected chi connectivity index (χ2v) is 6.56. The van der Waals surface area contributed by atoms with E-state index in [9.17, 15) is 4.79 Å². The van der Waals surface area contributed by atoms with Gasteiger partial charge in [0, 0.05) is 6.08 Å². The van der Waals surface area contributed by atoms with Crippen molar-refractivity contribution in [3.63, 3.8) is 0 Å². The fourth-order valence-electron chi connectivity index (χ4n) is 2.61. The van der Waals surface area contributed by atoms with Crippen LogP contribution in [-0.2, 0) is 4.79 Å². The molecule has 0 fully saturated rings. The van der Waals surface area contributed by atoms with Crippen LogP contribution in [0.4, 0.5) is 5.69 Å². The second kappa shape index (κ2) is 8.86. The average Bonchev–Trinajstić information content (AvgIpc) is 2.69. The minimum atomic E-state index is -0.202. The largest absolute Gasteiger partial charge is 0.455 e. The summed E-state index contributed by atoms with van der Waals surface area (Å²) in [6.45, 7) is 4.32. The Morgan fingerprint density at radius 3 is 2.26 bits per heavy atom. The third kappa shape index (κ3) is 5.32. The van der Waals surface area contributed by atoms with E-state index in [4.69, 9.17) is 4.74 Å². The molecule has 0 atom stereocenters. The molecule has 0 aliphatic heterocycles. The highest BCUT2D eigenvalue weighted by Gasteiger charge is 2.06. The van der Waals surface area contributed by atoms with Gasteiger partial charge in [0.15, 0.2) is 5.75 Å². The van der Waals surface area contributed by atoms with Gasteiger partial charge in [-0.05, 0) is 47.4 Å². The van der Waals surface area contributed by atoms with E-state index in [1.165, 1.54) is 11.6 Å². The van der Waals surface area contributed by atoms with E-state index in [1.807, 2.05) is 66.7 Å². The van der Waals surface area contributed by atoms with Gasteiger partial charge in [0.05, 0.1) is 5.69 Å². The Bertz CT molecular complexity index is 913. The summed E-state index contributed by atoms with van der Waals surface area (Å²) < 4.78 is 5.87. The molecule has 27 heavy (non-hydrogen) atoms. The van der Waals surface area contributed by atoms with Gasteiger partial charge in [-0.1, -0.05) is 68.4 Å². The van der Waals surface area contributed by atoms with Crippen LogP contribution in [0.15, 0.2) is 84.9 Å². The van der Waals surface area contributed by atoms with Crippen molar-refractivity contribution in [3.8, 4) is 11.5 Å². The molecule has 0 aromatic heterocycles. The predicted molar refractivity (Wildman–Crippen MR) is 111 cm³/mol. The van der Waals surface area contributed by atoms with Crippen molar-refractivity contribution in [1.29, 1.82) is 0 Å². The van der Waals surface area contributed by atoms with Crippen LogP contribution in [0, 0.1) is 0 Å². The number of nitrogens with one attached hydrogen (secondary N) is 1. The molecule has 0 bridgehead atoms. The molecule has 3 rings (SSSR count). The number of carbonyl (C=O) groups is 1. The van der Waals surface area contributed by atoms with E-state index in [1.54, 1.807) is 6.08 Å². The maximum absolute atomic E-state index is 12.3. The van der Waals surface area contributed by atoms with Gasteiger partial charge in [-0.3, -0.25) is 4.79 Å². The zero-order valence-corrected chi connectivity index (χ0v) is 15.6. The van der Waals surface area contributed by atoms with Crippen molar-refractivity contribution in [2.45, 2.75) is 19.8 Å². The van der Waals surface area contributed by atoms with Crippen LogP contribution in [0.25, 0.3) is 6.08 Å². The monoisotopic (exact) mass is 357 g/mol. The quantitative estimate of drug-likeness (QED) is 0.529. The standard InChI is InChI=1S/C24H23NO2/c1-18(2)20-15-12-19(13-16-20)14-17-24(26)25-22-10-6-7-11-23(22)27-21-8-4-3-5-9-21/h3-18H,1-2H3,(H,25,26)/b17-14+. The molecule has 0 saturated carbocycles. The summed E-state index contributed by atoms with van der Waals surface area (Å²) in [6.07, 6.45) is 3.34. The topological polar surface area (TPSA) is 38.3 Å². The zero-order chi connectivity index (χ0) is 19.1. The molecular formula is C24H23NO2. The van der Waals surface area contributed by atoms with Crippen molar-refractivity contribution >= 4 is 17.7 Å². The molecule has 1 N–H and O–H groups in total. The number of hydrogen-bond donors (Lipinski definition) is 1. The SMILES string of the molecule is CC(C)c1ccc(/C=C/C(=O)Nc2ccccc2Oc2ccccc2)cc1. The highest BCUT2D eigenvalue weighted by molar-refractivity contribution is 6.02. The second-order valence-electron chi connectivity index (χ2n) is 6.56.